The van der Waals surface area contributed by atoms with Crippen LogP contribution >= 0.6 is 0 Å². The molecule has 2 aliphatic rings. The van der Waals surface area contributed by atoms with Crippen molar-refractivity contribution in [3.8, 4) is 5.75 Å². The summed E-state index contributed by atoms with van der Waals surface area (Å²) in [5.74, 6) is 1.55. The van der Waals surface area contributed by atoms with Gasteiger partial charge in [-0.05, 0) is 63.1 Å². The van der Waals surface area contributed by atoms with Crippen molar-refractivity contribution < 1.29 is 13.9 Å². The minimum Gasteiger partial charge on any atom is -0.490 e. The second-order valence-corrected chi connectivity index (χ2v) is 7.64. The van der Waals surface area contributed by atoms with Crippen LogP contribution in [-0.4, -0.2) is 38.1 Å². The Hall–Kier alpha value is -2.31. The van der Waals surface area contributed by atoms with E-state index in [1.165, 1.54) is 18.9 Å². The van der Waals surface area contributed by atoms with Gasteiger partial charge >= 0.3 is 0 Å². The van der Waals surface area contributed by atoms with Crippen molar-refractivity contribution in [3.63, 3.8) is 0 Å². The van der Waals surface area contributed by atoms with Gasteiger partial charge in [-0.25, -0.2) is 4.39 Å². The van der Waals surface area contributed by atoms with E-state index in [1.54, 1.807) is 6.07 Å². The molecule has 3 rings (SSSR count). The molecule has 1 amide bonds. The minimum absolute atomic E-state index is 0.120. The maximum absolute atomic E-state index is 14.3. The predicted molar refractivity (Wildman–Crippen MR) is 108 cm³/mol. The summed E-state index contributed by atoms with van der Waals surface area (Å²) in [7, 11) is 0. The van der Waals surface area contributed by atoms with Gasteiger partial charge in [0.25, 0.3) is 0 Å². The Labute approximate surface area is 166 Å². The minimum atomic E-state index is -0.337. The molecule has 0 aliphatic heterocycles. The molecule has 0 heterocycles. The van der Waals surface area contributed by atoms with Crippen molar-refractivity contribution in [1.82, 2.24) is 16.0 Å². The van der Waals surface area contributed by atoms with Crippen molar-refractivity contribution in [1.29, 1.82) is 0 Å². The van der Waals surface area contributed by atoms with Crippen molar-refractivity contribution in [2.75, 3.05) is 26.2 Å². The Kier molecular flexibility index (Phi) is 7.12. The number of ether oxygens (including phenoxy) is 1. The Bertz CT molecular complexity index is 702. The Morgan fingerprint density at radius 3 is 2.71 bits per heavy atom. The van der Waals surface area contributed by atoms with Crippen LogP contribution in [0, 0.1) is 17.7 Å². The largest absolute Gasteiger partial charge is 0.490 e. The van der Waals surface area contributed by atoms with Crippen LogP contribution in [0.4, 0.5) is 4.39 Å². The van der Waals surface area contributed by atoms with Crippen molar-refractivity contribution in [2.24, 2.45) is 16.8 Å². The summed E-state index contributed by atoms with van der Waals surface area (Å²) in [6.07, 6.45) is 4.35. The van der Waals surface area contributed by atoms with Crippen LogP contribution in [0.5, 0.6) is 5.75 Å². The van der Waals surface area contributed by atoms with Crippen LogP contribution in [0.25, 0.3) is 0 Å². The van der Waals surface area contributed by atoms with Crippen LogP contribution in [0.1, 0.15) is 51.1 Å². The van der Waals surface area contributed by atoms with E-state index in [4.69, 9.17) is 4.74 Å². The SMILES string of the molecule is CCNC(=NCCNC(=O)C1CC1)NC(C)c1ccc(OCC2CC2)c(F)c1. The first kappa shape index (κ1) is 20.4. The molecule has 6 nitrogen and oxygen atoms in total. The third-order valence-corrected chi connectivity index (χ3v) is 4.95. The van der Waals surface area contributed by atoms with Crippen LogP contribution in [-0.2, 0) is 4.79 Å². The fraction of sp³-hybridized carbons (Fsp3) is 0.619. The number of halogens is 1. The van der Waals surface area contributed by atoms with Gasteiger partial charge in [0.2, 0.25) is 5.91 Å². The molecule has 2 aliphatic carbocycles. The first-order chi connectivity index (χ1) is 13.6. The molecule has 2 fully saturated rings. The van der Waals surface area contributed by atoms with Crippen LogP contribution in [0.15, 0.2) is 23.2 Å². The number of aliphatic imine (C=N–C) groups is 1. The van der Waals surface area contributed by atoms with Gasteiger partial charge in [0.15, 0.2) is 17.5 Å². The fourth-order valence-electron chi connectivity index (χ4n) is 2.84. The Balaban J connectivity index is 1.50. The normalized spacial score (nSPS) is 17.8. The lowest BCUT2D eigenvalue weighted by Gasteiger charge is -2.19. The highest BCUT2D eigenvalue weighted by Crippen LogP contribution is 2.30. The summed E-state index contributed by atoms with van der Waals surface area (Å²) < 4.78 is 19.9. The second kappa shape index (κ2) is 9.75. The zero-order valence-electron chi connectivity index (χ0n) is 16.8. The van der Waals surface area contributed by atoms with E-state index < -0.39 is 0 Å². The van der Waals surface area contributed by atoms with Crippen molar-refractivity contribution in [3.05, 3.63) is 29.6 Å². The summed E-state index contributed by atoms with van der Waals surface area (Å²) in [6.45, 7) is 6.27. The highest BCUT2D eigenvalue weighted by atomic mass is 19.1. The summed E-state index contributed by atoms with van der Waals surface area (Å²) in [5, 5.41) is 9.36. The third-order valence-electron chi connectivity index (χ3n) is 4.95. The number of carbonyl (C=O) groups excluding carboxylic acids is 1. The molecule has 2 saturated carbocycles. The number of nitrogens with one attached hydrogen (secondary N) is 3. The maximum atomic E-state index is 14.3. The van der Waals surface area contributed by atoms with E-state index in [9.17, 15) is 9.18 Å². The molecule has 0 radical (unpaired) electrons. The molecule has 1 aromatic rings. The maximum Gasteiger partial charge on any atom is 0.223 e. The van der Waals surface area contributed by atoms with Gasteiger partial charge in [0, 0.05) is 19.0 Å². The van der Waals surface area contributed by atoms with Crippen molar-refractivity contribution in [2.45, 2.75) is 45.6 Å². The van der Waals surface area contributed by atoms with E-state index in [0.717, 1.165) is 24.9 Å². The average molecular weight is 391 g/mol. The molecule has 7 heteroatoms. The predicted octanol–water partition coefficient (Wildman–Crippen LogP) is 2.76. The molecule has 1 atom stereocenters. The van der Waals surface area contributed by atoms with Crippen LogP contribution < -0.4 is 20.7 Å². The van der Waals surface area contributed by atoms with Gasteiger partial charge in [-0.3, -0.25) is 9.79 Å². The second-order valence-electron chi connectivity index (χ2n) is 7.64. The fourth-order valence-corrected chi connectivity index (χ4v) is 2.84. The van der Waals surface area contributed by atoms with Gasteiger partial charge < -0.3 is 20.7 Å². The molecule has 0 saturated heterocycles. The van der Waals surface area contributed by atoms with Gasteiger partial charge in [-0.2, -0.15) is 0 Å². The third kappa shape index (κ3) is 6.39. The van der Waals surface area contributed by atoms with Crippen LogP contribution in [0.3, 0.4) is 0 Å². The highest BCUT2D eigenvalue weighted by Gasteiger charge is 2.29. The quantitative estimate of drug-likeness (QED) is 0.326. The van der Waals surface area contributed by atoms with E-state index in [0.29, 0.717) is 37.3 Å². The Morgan fingerprint density at radius 1 is 1.29 bits per heavy atom. The lowest BCUT2D eigenvalue weighted by molar-refractivity contribution is -0.122. The molecule has 0 spiro atoms. The first-order valence-corrected chi connectivity index (χ1v) is 10.3. The number of carbonyl (C=O) groups is 1. The van der Waals surface area contributed by atoms with Gasteiger partial charge in [-0.1, -0.05) is 6.07 Å². The molecule has 3 N–H and O–H groups in total. The van der Waals surface area contributed by atoms with Gasteiger partial charge in [0.1, 0.15) is 0 Å². The molecule has 1 unspecified atom stereocenters. The zero-order chi connectivity index (χ0) is 19.9. The monoisotopic (exact) mass is 390 g/mol. The highest BCUT2D eigenvalue weighted by molar-refractivity contribution is 5.81. The van der Waals surface area contributed by atoms with Gasteiger partial charge in [0.05, 0.1) is 19.2 Å². The molecule has 0 aromatic heterocycles. The summed E-state index contributed by atoms with van der Waals surface area (Å²) in [6, 6.07) is 4.97. The summed E-state index contributed by atoms with van der Waals surface area (Å²) in [5.41, 5.74) is 0.823. The molecule has 154 valence electrons. The number of nitrogens with zero attached hydrogens (tertiary/aromatic N) is 1. The Morgan fingerprint density at radius 2 is 2.07 bits per heavy atom. The lowest BCUT2D eigenvalue weighted by atomic mass is 10.1. The molecule has 28 heavy (non-hydrogen) atoms. The number of guanidine groups is 1. The molecular formula is C21H31FN4O2. The van der Waals surface area contributed by atoms with E-state index >= 15 is 0 Å². The molecule has 0 bridgehead atoms. The number of hydrogen-bond acceptors (Lipinski definition) is 3. The van der Waals surface area contributed by atoms with E-state index in [2.05, 4.69) is 20.9 Å². The van der Waals surface area contributed by atoms with Crippen molar-refractivity contribution >= 4 is 11.9 Å². The topological polar surface area (TPSA) is 74.8 Å². The first-order valence-electron chi connectivity index (χ1n) is 10.3. The smallest absolute Gasteiger partial charge is 0.223 e. The average Bonchev–Trinajstić information content (AvgIpc) is 3.56. The summed E-state index contributed by atoms with van der Waals surface area (Å²) in [4.78, 5) is 16.1. The molecular weight excluding hydrogens is 359 g/mol. The van der Waals surface area contributed by atoms with E-state index in [-0.39, 0.29) is 23.7 Å². The number of amides is 1. The van der Waals surface area contributed by atoms with Crippen LogP contribution in [0.2, 0.25) is 0 Å². The lowest BCUT2D eigenvalue weighted by Crippen LogP contribution is -2.39. The summed E-state index contributed by atoms with van der Waals surface area (Å²) >= 11 is 0. The van der Waals surface area contributed by atoms with Gasteiger partial charge in [-0.15, -0.1) is 0 Å². The zero-order valence-corrected chi connectivity index (χ0v) is 16.8. The van der Waals surface area contributed by atoms with E-state index in [1.807, 2.05) is 19.9 Å². The number of benzene rings is 1. The number of rotatable bonds is 10. The number of hydrogen-bond donors (Lipinski definition) is 3. The standard InChI is InChI=1S/C21H31FN4O2/c1-3-23-21(25-11-10-24-20(27)16-6-7-16)26-14(2)17-8-9-19(18(22)12-17)28-13-15-4-5-15/h8-9,12,14-16H,3-7,10-11,13H2,1-2H3,(H,24,27)(H2,23,25,26). The molecule has 1 aromatic carbocycles.